The fourth-order valence-electron chi connectivity index (χ4n) is 2.40. The summed E-state index contributed by atoms with van der Waals surface area (Å²) >= 11 is 0. The number of benzene rings is 2. The second-order valence-corrected chi connectivity index (χ2v) is 5.76. The van der Waals surface area contributed by atoms with Crippen LogP contribution >= 0.6 is 0 Å². The molecular weight excluding hydrogens is 328 g/mol. The van der Waals surface area contributed by atoms with Crippen molar-refractivity contribution < 1.29 is 9.59 Å². The van der Waals surface area contributed by atoms with Crippen molar-refractivity contribution in [1.29, 1.82) is 0 Å². The number of ketones is 1. The molecule has 26 heavy (non-hydrogen) atoms. The predicted molar refractivity (Wildman–Crippen MR) is 101 cm³/mol. The quantitative estimate of drug-likeness (QED) is 0.683. The lowest BCUT2D eigenvalue weighted by atomic mass is 10.1. The van der Waals surface area contributed by atoms with Crippen LogP contribution in [0.3, 0.4) is 0 Å². The molecule has 6 nitrogen and oxygen atoms in total. The van der Waals surface area contributed by atoms with Gasteiger partial charge in [0.2, 0.25) is 0 Å². The second kappa shape index (κ2) is 7.57. The van der Waals surface area contributed by atoms with E-state index in [4.69, 9.17) is 0 Å². The molecule has 0 saturated heterocycles. The summed E-state index contributed by atoms with van der Waals surface area (Å²) in [6.45, 7) is 3.23. The van der Waals surface area contributed by atoms with E-state index in [2.05, 4.69) is 20.6 Å². The Morgan fingerprint density at radius 1 is 0.885 bits per heavy atom. The van der Waals surface area contributed by atoms with E-state index in [-0.39, 0.29) is 17.4 Å². The summed E-state index contributed by atoms with van der Waals surface area (Å²) in [5.41, 5.74) is 2.31. The minimum absolute atomic E-state index is 0.0223. The highest BCUT2D eigenvalue weighted by molar-refractivity contribution is 6.03. The number of anilines is 3. The number of nitrogens with one attached hydrogen (secondary N) is 2. The van der Waals surface area contributed by atoms with Gasteiger partial charge in [0, 0.05) is 23.0 Å². The zero-order valence-corrected chi connectivity index (χ0v) is 14.5. The minimum Gasteiger partial charge on any atom is -0.340 e. The average Bonchev–Trinajstić information content (AvgIpc) is 2.62. The van der Waals surface area contributed by atoms with Crippen molar-refractivity contribution in [2.45, 2.75) is 13.8 Å². The average molecular weight is 346 g/mol. The molecule has 1 aromatic heterocycles. The Kier molecular flexibility index (Phi) is 5.03. The molecule has 0 radical (unpaired) electrons. The van der Waals surface area contributed by atoms with Crippen molar-refractivity contribution in [3.63, 3.8) is 0 Å². The van der Waals surface area contributed by atoms with Crippen molar-refractivity contribution in [1.82, 2.24) is 9.97 Å². The minimum atomic E-state index is -0.345. The van der Waals surface area contributed by atoms with Crippen LogP contribution in [-0.2, 0) is 0 Å². The van der Waals surface area contributed by atoms with Gasteiger partial charge in [-0.3, -0.25) is 9.59 Å². The topological polar surface area (TPSA) is 84.0 Å². The smallest absolute Gasteiger partial charge is 0.274 e. The SMILES string of the molecule is CC(=O)c1ccc(NC(=O)c2cc(Nc3ccccc3)nc(C)n2)cc1. The summed E-state index contributed by atoms with van der Waals surface area (Å²) in [5.74, 6) is 0.664. The highest BCUT2D eigenvalue weighted by Gasteiger charge is 2.11. The van der Waals surface area contributed by atoms with Gasteiger partial charge in [0.25, 0.3) is 5.91 Å². The third-order valence-electron chi connectivity index (χ3n) is 3.67. The zero-order chi connectivity index (χ0) is 18.5. The van der Waals surface area contributed by atoms with Crippen LogP contribution in [0.2, 0.25) is 0 Å². The van der Waals surface area contributed by atoms with E-state index in [0.29, 0.717) is 22.9 Å². The Balaban J connectivity index is 1.77. The van der Waals surface area contributed by atoms with Crippen molar-refractivity contribution >= 4 is 28.9 Å². The van der Waals surface area contributed by atoms with E-state index in [1.807, 2.05) is 30.3 Å². The van der Waals surface area contributed by atoms with Crippen LogP contribution in [0.15, 0.2) is 60.7 Å². The maximum atomic E-state index is 12.5. The first-order valence-electron chi connectivity index (χ1n) is 8.11. The van der Waals surface area contributed by atoms with E-state index in [1.54, 1.807) is 37.3 Å². The van der Waals surface area contributed by atoms with Crippen LogP contribution in [-0.4, -0.2) is 21.7 Å². The molecule has 0 bridgehead atoms. The Morgan fingerprint density at radius 2 is 1.58 bits per heavy atom. The van der Waals surface area contributed by atoms with E-state index in [0.717, 1.165) is 5.69 Å². The molecular formula is C20H18N4O2. The van der Waals surface area contributed by atoms with Gasteiger partial charge in [-0.25, -0.2) is 9.97 Å². The van der Waals surface area contributed by atoms with Crippen molar-refractivity contribution in [3.8, 4) is 0 Å². The highest BCUT2D eigenvalue weighted by Crippen LogP contribution is 2.16. The molecule has 0 fully saturated rings. The van der Waals surface area contributed by atoms with Gasteiger partial charge in [-0.05, 0) is 50.2 Å². The molecule has 0 aliphatic rings. The van der Waals surface area contributed by atoms with Gasteiger partial charge in [-0.2, -0.15) is 0 Å². The van der Waals surface area contributed by atoms with Crippen LogP contribution in [0.25, 0.3) is 0 Å². The second-order valence-electron chi connectivity index (χ2n) is 5.76. The van der Waals surface area contributed by atoms with E-state index >= 15 is 0 Å². The van der Waals surface area contributed by atoms with Gasteiger partial charge in [0.15, 0.2) is 5.78 Å². The number of amides is 1. The number of aryl methyl sites for hydroxylation is 1. The number of hydrogen-bond acceptors (Lipinski definition) is 5. The number of para-hydroxylation sites is 1. The van der Waals surface area contributed by atoms with Gasteiger partial charge in [-0.15, -0.1) is 0 Å². The Morgan fingerprint density at radius 3 is 2.23 bits per heavy atom. The first-order chi connectivity index (χ1) is 12.5. The number of Topliss-reactive ketones (excluding diaryl/α,β-unsaturated/α-hetero) is 1. The summed E-state index contributed by atoms with van der Waals surface area (Å²) in [4.78, 5) is 32.3. The number of hydrogen-bond donors (Lipinski definition) is 2. The van der Waals surface area contributed by atoms with Crippen LogP contribution in [0.4, 0.5) is 17.2 Å². The Labute approximate surface area is 151 Å². The fourth-order valence-corrected chi connectivity index (χ4v) is 2.40. The van der Waals surface area contributed by atoms with Crippen LogP contribution in [0.1, 0.15) is 33.6 Å². The molecule has 3 aromatic rings. The number of rotatable bonds is 5. The van der Waals surface area contributed by atoms with Gasteiger partial charge in [-0.1, -0.05) is 18.2 Å². The summed E-state index contributed by atoms with van der Waals surface area (Å²) < 4.78 is 0. The van der Waals surface area contributed by atoms with E-state index < -0.39 is 0 Å². The normalized spacial score (nSPS) is 10.2. The first-order valence-corrected chi connectivity index (χ1v) is 8.11. The number of aromatic nitrogens is 2. The van der Waals surface area contributed by atoms with Gasteiger partial charge < -0.3 is 10.6 Å². The molecule has 0 aliphatic carbocycles. The molecule has 0 unspecified atom stereocenters. The molecule has 3 rings (SSSR count). The predicted octanol–water partition coefficient (Wildman–Crippen LogP) is 3.98. The largest absolute Gasteiger partial charge is 0.340 e. The molecule has 0 saturated carbocycles. The molecule has 0 spiro atoms. The van der Waals surface area contributed by atoms with Crippen molar-refractivity contribution in [2.75, 3.05) is 10.6 Å². The summed E-state index contributed by atoms with van der Waals surface area (Å²) in [6, 6.07) is 17.9. The fraction of sp³-hybridized carbons (Fsp3) is 0.100. The third-order valence-corrected chi connectivity index (χ3v) is 3.67. The maximum Gasteiger partial charge on any atom is 0.274 e. The molecule has 1 heterocycles. The Hall–Kier alpha value is -3.54. The molecule has 0 atom stereocenters. The van der Waals surface area contributed by atoms with Gasteiger partial charge >= 0.3 is 0 Å². The summed E-state index contributed by atoms with van der Waals surface area (Å²) in [7, 11) is 0. The lowest BCUT2D eigenvalue weighted by molar-refractivity contribution is 0.101. The van der Waals surface area contributed by atoms with Crippen LogP contribution < -0.4 is 10.6 Å². The number of carbonyl (C=O) groups excluding carboxylic acids is 2. The van der Waals surface area contributed by atoms with Crippen LogP contribution in [0.5, 0.6) is 0 Å². The Bertz CT molecular complexity index is 938. The summed E-state index contributed by atoms with van der Waals surface area (Å²) in [5, 5.41) is 5.93. The lowest BCUT2D eigenvalue weighted by Crippen LogP contribution is -2.15. The molecule has 0 aliphatic heterocycles. The number of nitrogens with zero attached hydrogens (tertiary/aromatic N) is 2. The van der Waals surface area contributed by atoms with E-state index in [9.17, 15) is 9.59 Å². The molecule has 2 aromatic carbocycles. The molecule has 130 valence electrons. The van der Waals surface area contributed by atoms with E-state index in [1.165, 1.54) is 6.92 Å². The third kappa shape index (κ3) is 4.30. The van der Waals surface area contributed by atoms with Crippen LogP contribution in [0, 0.1) is 6.92 Å². The lowest BCUT2D eigenvalue weighted by Gasteiger charge is -2.09. The zero-order valence-electron chi connectivity index (χ0n) is 14.5. The van der Waals surface area contributed by atoms with Crippen molar-refractivity contribution in [3.05, 3.63) is 77.7 Å². The number of carbonyl (C=O) groups is 2. The molecule has 6 heteroatoms. The highest BCUT2D eigenvalue weighted by atomic mass is 16.2. The first kappa shape index (κ1) is 17.3. The molecule has 2 N–H and O–H groups in total. The standard InChI is InChI=1S/C20H18N4O2/c1-13(25)15-8-10-17(11-9-15)24-20(26)18-12-19(22-14(2)21-18)23-16-6-4-3-5-7-16/h3-12H,1-2H3,(H,24,26)(H,21,22,23). The monoisotopic (exact) mass is 346 g/mol. The molecule has 1 amide bonds. The maximum absolute atomic E-state index is 12.5. The van der Waals surface area contributed by atoms with Gasteiger partial charge in [0.05, 0.1) is 0 Å². The summed E-state index contributed by atoms with van der Waals surface area (Å²) in [6.07, 6.45) is 0. The van der Waals surface area contributed by atoms with Crippen molar-refractivity contribution in [2.24, 2.45) is 0 Å². The van der Waals surface area contributed by atoms with Gasteiger partial charge in [0.1, 0.15) is 17.3 Å².